The standard InChI is InChI=1S/C19H23N5O5/c1-28-17(25)3-15-21-22-16(29-15)8-18-4-12-2-13(5-18)7-19(6-12,11-18)23-10-14(9-20-23)24(26)27/h9-10,12-13H,2-8,11H2,1H3. The molecule has 2 aromatic heterocycles. The molecule has 0 aromatic carbocycles. The van der Waals surface area contributed by atoms with Gasteiger partial charge in [-0.15, -0.1) is 10.2 Å². The summed E-state index contributed by atoms with van der Waals surface area (Å²) < 4.78 is 12.2. The van der Waals surface area contributed by atoms with E-state index in [1.165, 1.54) is 19.7 Å². The smallest absolute Gasteiger partial charge is 0.315 e. The zero-order chi connectivity index (χ0) is 20.2. The zero-order valence-corrected chi connectivity index (χ0v) is 16.2. The summed E-state index contributed by atoms with van der Waals surface area (Å²) in [6.45, 7) is 0. The highest BCUT2D eigenvalue weighted by atomic mass is 16.6. The molecule has 0 spiro atoms. The van der Waals surface area contributed by atoms with Crippen molar-refractivity contribution in [2.45, 2.75) is 56.9 Å². The second-order valence-corrected chi connectivity index (χ2v) is 9.10. The van der Waals surface area contributed by atoms with Gasteiger partial charge in [0.1, 0.15) is 18.8 Å². The Morgan fingerprint density at radius 1 is 1.31 bits per heavy atom. The Labute approximate surface area is 166 Å². The molecule has 2 aromatic rings. The fraction of sp³-hybridized carbons (Fsp3) is 0.684. The second kappa shape index (κ2) is 6.36. The van der Waals surface area contributed by atoms with Gasteiger partial charge in [0.05, 0.1) is 17.6 Å². The Morgan fingerprint density at radius 2 is 2.03 bits per heavy atom. The van der Waals surface area contributed by atoms with Gasteiger partial charge in [0.25, 0.3) is 0 Å². The minimum atomic E-state index is -0.408. The monoisotopic (exact) mass is 401 g/mol. The van der Waals surface area contributed by atoms with E-state index in [1.807, 2.05) is 4.68 Å². The molecule has 4 saturated carbocycles. The quantitative estimate of drug-likeness (QED) is 0.410. The Kier molecular flexibility index (Phi) is 4.01. The Bertz CT molecular complexity index is 952. The summed E-state index contributed by atoms with van der Waals surface area (Å²) in [6, 6.07) is 0. The molecule has 0 radical (unpaired) electrons. The molecule has 0 amide bonds. The van der Waals surface area contributed by atoms with Crippen molar-refractivity contribution in [3.05, 3.63) is 34.3 Å². The molecule has 10 heteroatoms. The topological polar surface area (TPSA) is 126 Å². The molecule has 0 N–H and O–H groups in total. The van der Waals surface area contributed by atoms with Gasteiger partial charge in [-0.2, -0.15) is 5.10 Å². The third-order valence-electron chi connectivity index (χ3n) is 6.98. The van der Waals surface area contributed by atoms with E-state index in [0.29, 0.717) is 24.1 Å². The predicted molar refractivity (Wildman–Crippen MR) is 97.7 cm³/mol. The van der Waals surface area contributed by atoms with Crippen LogP contribution in [0.2, 0.25) is 0 Å². The van der Waals surface area contributed by atoms with E-state index in [-0.39, 0.29) is 33.9 Å². The molecule has 4 aliphatic rings. The van der Waals surface area contributed by atoms with Crippen molar-refractivity contribution in [1.82, 2.24) is 20.0 Å². The normalized spacial score (nSPS) is 32.4. The summed E-state index contributed by atoms with van der Waals surface area (Å²) in [5.41, 5.74) is -0.105. The highest BCUT2D eigenvalue weighted by molar-refractivity contribution is 5.70. The lowest BCUT2D eigenvalue weighted by molar-refractivity contribution is -0.385. The summed E-state index contributed by atoms with van der Waals surface area (Å²) in [5, 5.41) is 23.7. The van der Waals surface area contributed by atoms with Crippen molar-refractivity contribution in [1.29, 1.82) is 0 Å². The largest absolute Gasteiger partial charge is 0.469 e. The van der Waals surface area contributed by atoms with Gasteiger partial charge in [-0.25, -0.2) is 0 Å². The molecular weight excluding hydrogens is 378 g/mol. The third kappa shape index (κ3) is 3.10. The van der Waals surface area contributed by atoms with Crippen molar-refractivity contribution in [2.24, 2.45) is 17.3 Å². The van der Waals surface area contributed by atoms with Crippen molar-refractivity contribution in [2.75, 3.05) is 7.11 Å². The molecule has 4 aliphatic carbocycles. The molecule has 2 atom stereocenters. The first-order valence-corrected chi connectivity index (χ1v) is 9.96. The van der Waals surface area contributed by atoms with Gasteiger partial charge in [-0.1, -0.05) is 0 Å². The maximum Gasteiger partial charge on any atom is 0.315 e. The number of hydrogen-bond acceptors (Lipinski definition) is 8. The van der Waals surface area contributed by atoms with Gasteiger partial charge < -0.3 is 9.15 Å². The first kappa shape index (κ1) is 18.3. The number of methoxy groups -OCH3 is 1. The highest BCUT2D eigenvalue weighted by Crippen LogP contribution is 2.65. The number of nitro groups is 1. The number of ether oxygens (including phenoxy) is 1. The van der Waals surface area contributed by atoms with Crippen LogP contribution in [0.5, 0.6) is 0 Å². The van der Waals surface area contributed by atoms with E-state index in [1.54, 1.807) is 6.20 Å². The third-order valence-corrected chi connectivity index (χ3v) is 6.98. The second-order valence-electron chi connectivity index (χ2n) is 9.10. The van der Waals surface area contributed by atoms with Crippen LogP contribution in [0, 0.1) is 27.4 Å². The fourth-order valence-corrected chi connectivity index (χ4v) is 6.49. The Balaban J connectivity index is 1.41. The van der Waals surface area contributed by atoms with Gasteiger partial charge in [0.15, 0.2) is 0 Å². The highest BCUT2D eigenvalue weighted by Gasteiger charge is 2.59. The van der Waals surface area contributed by atoms with Crippen LogP contribution in [0.15, 0.2) is 16.8 Å². The molecule has 0 saturated heterocycles. The van der Waals surface area contributed by atoms with Crippen molar-refractivity contribution < 1.29 is 18.9 Å². The van der Waals surface area contributed by atoms with Crippen LogP contribution in [-0.2, 0) is 27.9 Å². The maximum absolute atomic E-state index is 11.4. The molecule has 154 valence electrons. The average molecular weight is 401 g/mol. The molecule has 4 fully saturated rings. The summed E-state index contributed by atoms with van der Waals surface area (Å²) in [6.07, 6.45) is 9.92. The minimum Gasteiger partial charge on any atom is -0.469 e. The van der Waals surface area contributed by atoms with Gasteiger partial charge in [0.2, 0.25) is 11.8 Å². The summed E-state index contributed by atoms with van der Waals surface area (Å²) >= 11 is 0. The molecule has 0 aliphatic heterocycles. The molecule has 29 heavy (non-hydrogen) atoms. The Hall–Kier alpha value is -2.78. The molecule has 2 heterocycles. The SMILES string of the molecule is COC(=O)Cc1nnc(CC23CC4CC(C2)CC(n2cc([N+](=O)[O-])cn2)(C4)C3)o1. The van der Waals surface area contributed by atoms with E-state index in [9.17, 15) is 14.9 Å². The summed E-state index contributed by atoms with van der Waals surface area (Å²) in [5.74, 6) is 1.57. The van der Waals surface area contributed by atoms with Gasteiger partial charge in [-0.05, 0) is 55.8 Å². The first-order valence-electron chi connectivity index (χ1n) is 9.96. The number of rotatable bonds is 6. The van der Waals surface area contributed by atoms with Crippen LogP contribution in [0.4, 0.5) is 5.69 Å². The van der Waals surface area contributed by atoms with Crippen LogP contribution in [0.25, 0.3) is 0 Å². The van der Waals surface area contributed by atoms with Crippen LogP contribution in [-0.4, -0.2) is 38.0 Å². The molecular formula is C19H23N5O5. The van der Waals surface area contributed by atoms with Crippen LogP contribution in [0.3, 0.4) is 0 Å². The lowest BCUT2D eigenvalue weighted by atomic mass is 9.46. The van der Waals surface area contributed by atoms with Gasteiger partial charge in [0, 0.05) is 6.42 Å². The van der Waals surface area contributed by atoms with Crippen molar-refractivity contribution in [3.63, 3.8) is 0 Å². The average Bonchev–Trinajstić information content (AvgIpc) is 3.30. The van der Waals surface area contributed by atoms with Gasteiger partial charge >= 0.3 is 11.7 Å². The van der Waals surface area contributed by atoms with E-state index in [2.05, 4.69) is 20.0 Å². The maximum atomic E-state index is 11.4. The summed E-state index contributed by atoms with van der Waals surface area (Å²) in [7, 11) is 1.33. The van der Waals surface area contributed by atoms with Crippen LogP contribution in [0.1, 0.15) is 50.3 Å². The van der Waals surface area contributed by atoms with Crippen LogP contribution >= 0.6 is 0 Å². The minimum absolute atomic E-state index is 0.0252. The Morgan fingerprint density at radius 3 is 2.69 bits per heavy atom. The first-order chi connectivity index (χ1) is 13.9. The number of hydrogen-bond donors (Lipinski definition) is 0. The van der Waals surface area contributed by atoms with E-state index in [4.69, 9.17) is 4.42 Å². The fourth-order valence-electron chi connectivity index (χ4n) is 6.49. The molecule has 6 rings (SSSR count). The van der Waals surface area contributed by atoms with E-state index >= 15 is 0 Å². The number of esters is 1. The number of aromatic nitrogens is 4. The summed E-state index contributed by atoms with van der Waals surface area (Å²) in [4.78, 5) is 22.2. The molecule has 4 bridgehead atoms. The van der Waals surface area contributed by atoms with Gasteiger partial charge in [-0.3, -0.25) is 19.6 Å². The number of carbonyl (C=O) groups is 1. The molecule has 10 nitrogen and oxygen atoms in total. The zero-order valence-electron chi connectivity index (χ0n) is 16.2. The number of nitrogens with zero attached hydrogens (tertiary/aromatic N) is 5. The van der Waals surface area contributed by atoms with Crippen molar-refractivity contribution >= 4 is 11.7 Å². The number of carbonyl (C=O) groups excluding carboxylic acids is 1. The van der Waals surface area contributed by atoms with E-state index in [0.717, 1.165) is 32.1 Å². The van der Waals surface area contributed by atoms with Crippen molar-refractivity contribution in [3.8, 4) is 0 Å². The predicted octanol–water partition coefficient (Wildman–Crippen LogP) is 2.43. The lowest BCUT2D eigenvalue weighted by Crippen LogP contribution is -2.57. The lowest BCUT2D eigenvalue weighted by Gasteiger charge is -2.61. The van der Waals surface area contributed by atoms with E-state index < -0.39 is 5.97 Å². The van der Waals surface area contributed by atoms with Crippen LogP contribution < -0.4 is 0 Å². The molecule has 2 unspecified atom stereocenters.